The van der Waals surface area contributed by atoms with Gasteiger partial charge in [-0.2, -0.15) is 17.0 Å². The Balaban J connectivity index is 1.94. The van der Waals surface area contributed by atoms with Crippen LogP contribution in [0.4, 0.5) is 4.39 Å². The first-order valence-corrected chi connectivity index (χ1v) is 7.97. The number of nitrogens with one attached hydrogen (secondary N) is 1. The summed E-state index contributed by atoms with van der Waals surface area (Å²) in [7, 11) is 0. The van der Waals surface area contributed by atoms with Crippen LogP contribution in [0.5, 0.6) is 0 Å². The molecule has 1 saturated carbocycles. The van der Waals surface area contributed by atoms with Crippen molar-refractivity contribution in [1.29, 1.82) is 5.26 Å². The van der Waals surface area contributed by atoms with Crippen LogP contribution in [-0.4, -0.2) is 17.5 Å². The first-order chi connectivity index (χ1) is 9.24. The molecular weight excluding hydrogens is 259 g/mol. The molecule has 0 amide bonds. The molecule has 0 saturated heterocycles. The second-order valence-corrected chi connectivity index (χ2v) is 6.13. The summed E-state index contributed by atoms with van der Waals surface area (Å²) in [5.74, 6) is -0.380. The predicted molar refractivity (Wildman–Crippen MR) is 77.5 cm³/mol. The molecule has 102 valence electrons. The Hall–Kier alpha value is -1.05. The van der Waals surface area contributed by atoms with Crippen LogP contribution < -0.4 is 5.32 Å². The molecule has 0 spiro atoms. The van der Waals surface area contributed by atoms with Crippen molar-refractivity contribution in [3.63, 3.8) is 0 Å². The maximum Gasteiger partial charge on any atom is 0.145 e. The highest BCUT2D eigenvalue weighted by Crippen LogP contribution is 2.27. The number of benzene rings is 1. The number of rotatable bonds is 4. The van der Waals surface area contributed by atoms with Gasteiger partial charge >= 0.3 is 0 Å². The molecule has 0 heterocycles. The van der Waals surface area contributed by atoms with Crippen LogP contribution >= 0.6 is 11.8 Å². The van der Waals surface area contributed by atoms with E-state index in [0.29, 0.717) is 18.2 Å². The van der Waals surface area contributed by atoms with E-state index in [4.69, 9.17) is 5.26 Å². The Morgan fingerprint density at radius 1 is 1.47 bits per heavy atom. The minimum Gasteiger partial charge on any atom is -0.310 e. The third kappa shape index (κ3) is 3.71. The van der Waals surface area contributed by atoms with E-state index in [0.717, 1.165) is 18.1 Å². The molecule has 4 heteroatoms. The standard InChI is InChI=1S/C15H19FN2S/c1-19-14-7-3-6-13(8-14)18-10-12-5-2-4-11(9-17)15(12)16/h2,4-5,13-14,18H,3,6-8,10H2,1H3. The van der Waals surface area contributed by atoms with Crippen molar-refractivity contribution >= 4 is 11.8 Å². The van der Waals surface area contributed by atoms with E-state index in [9.17, 15) is 4.39 Å². The third-order valence-corrected chi connectivity index (χ3v) is 4.83. The molecule has 2 atom stereocenters. The molecule has 1 aliphatic rings. The molecule has 1 N–H and O–H groups in total. The van der Waals surface area contributed by atoms with Crippen LogP contribution in [0.25, 0.3) is 0 Å². The van der Waals surface area contributed by atoms with Crippen molar-refractivity contribution < 1.29 is 4.39 Å². The summed E-state index contributed by atoms with van der Waals surface area (Å²) in [6.45, 7) is 0.507. The van der Waals surface area contributed by atoms with Crippen molar-refractivity contribution in [2.75, 3.05) is 6.26 Å². The molecule has 2 unspecified atom stereocenters. The van der Waals surface area contributed by atoms with Crippen LogP contribution in [0.2, 0.25) is 0 Å². The smallest absolute Gasteiger partial charge is 0.145 e. The zero-order valence-corrected chi connectivity index (χ0v) is 12.0. The van der Waals surface area contributed by atoms with E-state index < -0.39 is 0 Å². The zero-order chi connectivity index (χ0) is 13.7. The molecule has 1 fully saturated rings. The molecular formula is C15H19FN2S. The summed E-state index contributed by atoms with van der Waals surface area (Å²) in [5.41, 5.74) is 0.718. The Morgan fingerprint density at radius 2 is 2.32 bits per heavy atom. The molecule has 1 aliphatic carbocycles. The van der Waals surface area contributed by atoms with Gasteiger partial charge in [0.2, 0.25) is 0 Å². The molecule has 2 rings (SSSR count). The monoisotopic (exact) mass is 278 g/mol. The van der Waals surface area contributed by atoms with Crippen molar-refractivity contribution in [2.45, 2.75) is 43.5 Å². The second kappa shape index (κ2) is 6.93. The number of nitrogens with zero attached hydrogens (tertiary/aromatic N) is 1. The van der Waals surface area contributed by atoms with E-state index in [-0.39, 0.29) is 11.4 Å². The van der Waals surface area contributed by atoms with E-state index in [1.807, 2.05) is 17.8 Å². The van der Waals surface area contributed by atoms with Gasteiger partial charge < -0.3 is 5.32 Å². The lowest BCUT2D eigenvalue weighted by Crippen LogP contribution is -2.34. The summed E-state index contributed by atoms with van der Waals surface area (Å²) >= 11 is 1.92. The van der Waals surface area contributed by atoms with Gasteiger partial charge in [0.25, 0.3) is 0 Å². The Morgan fingerprint density at radius 3 is 3.05 bits per heavy atom. The minimum absolute atomic E-state index is 0.130. The van der Waals surface area contributed by atoms with E-state index in [1.165, 1.54) is 18.9 Å². The van der Waals surface area contributed by atoms with Gasteiger partial charge in [0.15, 0.2) is 0 Å². The second-order valence-electron chi connectivity index (χ2n) is 4.99. The molecule has 0 bridgehead atoms. The average molecular weight is 278 g/mol. The maximum atomic E-state index is 13.9. The van der Waals surface area contributed by atoms with Gasteiger partial charge in [0.1, 0.15) is 11.9 Å². The molecule has 19 heavy (non-hydrogen) atoms. The number of nitriles is 1. The van der Waals surface area contributed by atoms with Crippen LogP contribution in [0.1, 0.15) is 36.8 Å². The quantitative estimate of drug-likeness (QED) is 0.916. The first-order valence-electron chi connectivity index (χ1n) is 6.68. The summed E-state index contributed by atoms with van der Waals surface area (Å²) in [6.07, 6.45) is 7.00. The van der Waals surface area contributed by atoms with Gasteiger partial charge in [-0.05, 0) is 31.6 Å². The third-order valence-electron chi connectivity index (χ3n) is 3.74. The van der Waals surface area contributed by atoms with E-state index >= 15 is 0 Å². The molecule has 2 nitrogen and oxygen atoms in total. The highest BCUT2D eigenvalue weighted by molar-refractivity contribution is 7.99. The number of hydrogen-bond acceptors (Lipinski definition) is 3. The van der Waals surface area contributed by atoms with Crippen molar-refractivity contribution in [1.82, 2.24) is 5.32 Å². The van der Waals surface area contributed by atoms with E-state index in [2.05, 4.69) is 11.6 Å². The summed E-state index contributed by atoms with van der Waals surface area (Å²) in [4.78, 5) is 0. The molecule has 0 radical (unpaired) electrons. The number of thioether (sulfide) groups is 1. The molecule has 0 aromatic heterocycles. The van der Waals surface area contributed by atoms with Gasteiger partial charge in [-0.3, -0.25) is 0 Å². The van der Waals surface area contributed by atoms with Crippen molar-refractivity contribution in [2.24, 2.45) is 0 Å². The predicted octanol–water partition coefficient (Wildman–Crippen LogP) is 3.46. The number of hydrogen-bond donors (Lipinski definition) is 1. The normalized spacial score (nSPS) is 23.0. The Bertz CT molecular complexity index is 470. The van der Waals surface area contributed by atoms with Crippen LogP contribution in [-0.2, 0) is 6.54 Å². The lowest BCUT2D eigenvalue weighted by molar-refractivity contribution is 0.377. The van der Waals surface area contributed by atoms with Crippen LogP contribution in [0.15, 0.2) is 18.2 Å². The number of halogens is 1. The van der Waals surface area contributed by atoms with Crippen molar-refractivity contribution in [3.8, 4) is 6.07 Å². The van der Waals surface area contributed by atoms with Crippen LogP contribution in [0, 0.1) is 17.1 Å². The molecule has 1 aromatic rings. The first kappa shape index (κ1) is 14.4. The molecule has 1 aromatic carbocycles. The Labute approximate surface area is 118 Å². The zero-order valence-electron chi connectivity index (χ0n) is 11.2. The van der Waals surface area contributed by atoms with Gasteiger partial charge in [-0.15, -0.1) is 0 Å². The Kier molecular flexibility index (Phi) is 5.24. The fourth-order valence-electron chi connectivity index (χ4n) is 2.60. The average Bonchev–Trinajstić information content (AvgIpc) is 2.46. The van der Waals surface area contributed by atoms with Gasteiger partial charge in [0, 0.05) is 23.4 Å². The van der Waals surface area contributed by atoms with E-state index in [1.54, 1.807) is 12.1 Å². The fourth-order valence-corrected chi connectivity index (χ4v) is 3.43. The van der Waals surface area contributed by atoms with Gasteiger partial charge in [-0.1, -0.05) is 18.6 Å². The highest BCUT2D eigenvalue weighted by atomic mass is 32.2. The van der Waals surface area contributed by atoms with Crippen molar-refractivity contribution in [3.05, 3.63) is 35.1 Å². The lowest BCUT2D eigenvalue weighted by atomic mass is 9.94. The van der Waals surface area contributed by atoms with Gasteiger partial charge in [0.05, 0.1) is 5.56 Å². The van der Waals surface area contributed by atoms with Crippen LogP contribution in [0.3, 0.4) is 0 Å². The minimum atomic E-state index is -0.380. The fraction of sp³-hybridized carbons (Fsp3) is 0.533. The SMILES string of the molecule is CSC1CCCC(NCc2cccc(C#N)c2F)C1. The summed E-state index contributed by atoms with van der Waals surface area (Å²) < 4.78 is 13.9. The summed E-state index contributed by atoms with van der Waals surface area (Å²) in [6, 6.07) is 7.36. The van der Waals surface area contributed by atoms with Gasteiger partial charge in [-0.25, -0.2) is 4.39 Å². The topological polar surface area (TPSA) is 35.8 Å². The highest BCUT2D eigenvalue weighted by Gasteiger charge is 2.21. The molecule has 0 aliphatic heterocycles. The maximum absolute atomic E-state index is 13.9. The largest absolute Gasteiger partial charge is 0.310 e. The summed E-state index contributed by atoms with van der Waals surface area (Å²) in [5, 5.41) is 13.0. The lowest BCUT2D eigenvalue weighted by Gasteiger charge is -2.28.